The van der Waals surface area contributed by atoms with Gasteiger partial charge in [0.2, 0.25) is 0 Å². The monoisotopic (exact) mass is 447 g/mol. The Labute approximate surface area is 191 Å². The molecule has 3 aromatic carbocycles. The Morgan fingerprint density at radius 2 is 1.70 bits per heavy atom. The minimum Gasteiger partial charge on any atom is -0.497 e. The first-order chi connectivity index (χ1) is 16.0. The molecule has 1 saturated heterocycles. The fraction of sp³-hybridized carbons (Fsp3) is 0.240. The minimum absolute atomic E-state index is 0.0316. The van der Waals surface area contributed by atoms with E-state index in [1.807, 2.05) is 42.5 Å². The summed E-state index contributed by atoms with van der Waals surface area (Å²) in [6.07, 6.45) is 1.53. The molecule has 0 saturated carbocycles. The van der Waals surface area contributed by atoms with Crippen molar-refractivity contribution in [3.8, 4) is 17.2 Å². The molecule has 1 heterocycles. The fourth-order valence-electron chi connectivity index (χ4n) is 3.85. The van der Waals surface area contributed by atoms with Crippen molar-refractivity contribution in [2.45, 2.75) is 18.9 Å². The zero-order valence-electron chi connectivity index (χ0n) is 18.3. The maximum absolute atomic E-state index is 13.1. The number of carbonyl (C=O) groups excluding carboxylic acids is 1. The van der Waals surface area contributed by atoms with Crippen molar-refractivity contribution in [2.24, 2.45) is 0 Å². The second-order valence-corrected chi connectivity index (χ2v) is 7.79. The van der Waals surface area contributed by atoms with Crippen LogP contribution in [-0.4, -0.2) is 37.1 Å². The predicted molar refractivity (Wildman–Crippen MR) is 125 cm³/mol. The van der Waals surface area contributed by atoms with Crippen LogP contribution in [0.15, 0.2) is 72.8 Å². The Balaban J connectivity index is 1.44. The lowest BCUT2D eigenvalue weighted by Gasteiger charge is -2.34. The van der Waals surface area contributed by atoms with Crippen LogP contribution in [0.2, 0.25) is 0 Å². The summed E-state index contributed by atoms with van der Waals surface area (Å²) in [6, 6.07) is 20.9. The van der Waals surface area contributed by atoms with Gasteiger partial charge in [0.1, 0.15) is 17.2 Å². The van der Waals surface area contributed by atoms with Crippen LogP contribution in [-0.2, 0) is 0 Å². The molecule has 1 aliphatic rings. The summed E-state index contributed by atoms with van der Waals surface area (Å²) in [4.78, 5) is 26.1. The molecule has 0 aromatic heterocycles. The zero-order chi connectivity index (χ0) is 23.2. The Kier molecular flexibility index (Phi) is 6.73. The van der Waals surface area contributed by atoms with E-state index in [0.29, 0.717) is 5.75 Å². The van der Waals surface area contributed by atoms with E-state index in [0.717, 1.165) is 37.4 Å². The van der Waals surface area contributed by atoms with Crippen molar-refractivity contribution in [2.75, 3.05) is 25.1 Å². The van der Waals surface area contributed by atoms with Crippen LogP contribution in [0, 0.1) is 10.1 Å². The van der Waals surface area contributed by atoms with Crippen LogP contribution >= 0.6 is 0 Å². The third-order valence-electron chi connectivity index (χ3n) is 5.66. The van der Waals surface area contributed by atoms with Gasteiger partial charge in [-0.2, -0.15) is 0 Å². The van der Waals surface area contributed by atoms with Gasteiger partial charge >= 0.3 is 0 Å². The molecule has 33 heavy (non-hydrogen) atoms. The van der Waals surface area contributed by atoms with Gasteiger partial charge in [0, 0.05) is 37.0 Å². The molecule has 170 valence electrons. The molecular formula is C25H25N3O5. The molecule has 8 nitrogen and oxygen atoms in total. The molecule has 1 fully saturated rings. The normalized spacial score (nSPS) is 13.9. The van der Waals surface area contributed by atoms with Crippen molar-refractivity contribution in [3.63, 3.8) is 0 Å². The number of nitrogens with zero attached hydrogens (tertiary/aromatic N) is 2. The lowest BCUT2D eigenvalue weighted by molar-refractivity contribution is -0.384. The number of methoxy groups -OCH3 is 1. The van der Waals surface area contributed by atoms with Crippen LogP contribution in [0.3, 0.4) is 0 Å². The first-order valence-corrected chi connectivity index (χ1v) is 10.7. The number of hydrogen-bond donors (Lipinski definition) is 1. The number of carbonyl (C=O) groups is 1. The highest BCUT2D eigenvalue weighted by atomic mass is 16.6. The second kappa shape index (κ2) is 10.0. The summed E-state index contributed by atoms with van der Waals surface area (Å²) in [7, 11) is 1.64. The highest BCUT2D eigenvalue weighted by Crippen LogP contribution is 2.29. The largest absolute Gasteiger partial charge is 0.497 e. The molecule has 0 unspecified atom stereocenters. The van der Waals surface area contributed by atoms with Gasteiger partial charge in [0.15, 0.2) is 0 Å². The molecule has 0 atom stereocenters. The second-order valence-electron chi connectivity index (χ2n) is 7.79. The smallest absolute Gasteiger partial charge is 0.270 e. The van der Waals surface area contributed by atoms with Gasteiger partial charge in [-0.3, -0.25) is 14.9 Å². The zero-order valence-corrected chi connectivity index (χ0v) is 18.3. The van der Waals surface area contributed by atoms with Crippen molar-refractivity contribution in [1.29, 1.82) is 0 Å². The standard InChI is InChI=1S/C25H25N3O5/c1-32-21-10-7-19(8-11-21)27-15-13-18(14-16-27)26-25(29)23-17-20(28(30)31)9-12-24(23)33-22-5-3-2-4-6-22/h2-12,17-18H,13-16H2,1H3,(H,26,29). The average molecular weight is 447 g/mol. The first kappa shape index (κ1) is 22.1. The molecule has 1 amide bonds. The lowest BCUT2D eigenvalue weighted by Crippen LogP contribution is -2.44. The van der Waals surface area contributed by atoms with Gasteiger partial charge in [-0.25, -0.2) is 0 Å². The van der Waals surface area contributed by atoms with Crippen LogP contribution in [0.1, 0.15) is 23.2 Å². The number of piperidine rings is 1. The lowest BCUT2D eigenvalue weighted by atomic mass is 10.0. The molecule has 4 rings (SSSR count). The SMILES string of the molecule is COc1ccc(N2CCC(NC(=O)c3cc([N+](=O)[O-])ccc3Oc3ccccc3)CC2)cc1. The van der Waals surface area contributed by atoms with Gasteiger partial charge < -0.3 is 19.7 Å². The third-order valence-corrected chi connectivity index (χ3v) is 5.66. The number of amides is 1. The number of non-ortho nitro benzene ring substituents is 1. The van der Waals surface area contributed by atoms with E-state index >= 15 is 0 Å². The van der Waals surface area contributed by atoms with E-state index in [1.165, 1.54) is 18.2 Å². The van der Waals surface area contributed by atoms with Crippen molar-refractivity contribution in [1.82, 2.24) is 5.32 Å². The topological polar surface area (TPSA) is 93.9 Å². The number of nitrogens with one attached hydrogen (secondary N) is 1. The molecule has 3 aromatic rings. The van der Waals surface area contributed by atoms with E-state index in [2.05, 4.69) is 10.2 Å². The summed E-state index contributed by atoms with van der Waals surface area (Å²) in [5.41, 5.74) is 1.10. The van der Waals surface area contributed by atoms with E-state index < -0.39 is 4.92 Å². The number of para-hydroxylation sites is 1. The molecule has 0 spiro atoms. The molecule has 1 N–H and O–H groups in total. The fourth-order valence-corrected chi connectivity index (χ4v) is 3.85. The van der Waals surface area contributed by atoms with Crippen molar-refractivity contribution >= 4 is 17.3 Å². The van der Waals surface area contributed by atoms with Crippen molar-refractivity contribution in [3.05, 3.63) is 88.5 Å². The van der Waals surface area contributed by atoms with Gasteiger partial charge in [-0.05, 0) is 55.3 Å². The van der Waals surface area contributed by atoms with Gasteiger partial charge in [0.25, 0.3) is 11.6 Å². The number of nitro groups is 1. The van der Waals surface area contributed by atoms with Crippen LogP contribution in [0.25, 0.3) is 0 Å². The summed E-state index contributed by atoms with van der Waals surface area (Å²) >= 11 is 0. The molecule has 1 aliphatic heterocycles. The molecule has 8 heteroatoms. The Bertz CT molecular complexity index is 1110. The van der Waals surface area contributed by atoms with E-state index in [1.54, 1.807) is 19.2 Å². The number of nitro benzene ring substituents is 1. The maximum Gasteiger partial charge on any atom is 0.270 e. The first-order valence-electron chi connectivity index (χ1n) is 10.7. The summed E-state index contributed by atoms with van der Waals surface area (Å²) in [5, 5.41) is 14.3. The van der Waals surface area contributed by atoms with E-state index in [-0.39, 0.29) is 28.9 Å². The number of rotatable bonds is 7. The maximum atomic E-state index is 13.1. The highest BCUT2D eigenvalue weighted by Gasteiger charge is 2.24. The van der Waals surface area contributed by atoms with Gasteiger partial charge in [-0.1, -0.05) is 18.2 Å². The summed E-state index contributed by atoms with van der Waals surface area (Å²) in [5.74, 6) is 1.26. The highest BCUT2D eigenvalue weighted by molar-refractivity contribution is 5.98. The van der Waals surface area contributed by atoms with Crippen LogP contribution < -0.4 is 19.7 Å². The third kappa shape index (κ3) is 5.41. The van der Waals surface area contributed by atoms with E-state index in [4.69, 9.17) is 9.47 Å². The molecule has 0 aliphatic carbocycles. The van der Waals surface area contributed by atoms with Crippen LogP contribution in [0.4, 0.5) is 11.4 Å². The van der Waals surface area contributed by atoms with E-state index in [9.17, 15) is 14.9 Å². The predicted octanol–water partition coefficient (Wildman–Crippen LogP) is 4.79. The van der Waals surface area contributed by atoms with Gasteiger partial charge in [-0.15, -0.1) is 0 Å². The number of anilines is 1. The average Bonchev–Trinajstić information content (AvgIpc) is 2.85. The number of hydrogen-bond acceptors (Lipinski definition) is 6. The summed E-state index contributed by atoms with van der Waals surface area (Å²) < 4.78 is 11.1. The van der Waals surface area contributed by atoms with Crippen molar-refractivity contribution < 1.29 is 19.2 Å². The Morgan fingerprint density at radius 1 is 1.00 bits per heavy atom. The minimum atomic E-state index is -0.517. The quantitative estimate of drug-likeness (QED) is 0.413. The number of benzene rings is 3. The Morgan fingerprint density at radius 3 is 2.33 bits per heavy atom. The van der Waals surface area contributed by atoms with Crippen LogP contribution in [0.5, 0.6) is 17.2 Å². The Hall–Kier alpha value is -4.07. The molecular weight excluding hydrogens is 422 g/mol. The molecule has 0 bridgehead atoms. The number of ether oxygens (including phenoxy) is 2. The van der Waals surface area contributed by atoms with Gasteiger partial charge in [0.05, 0.1) is 17.6 Å². The summed E-state index contributed by atoms with van der Waals surface area (Å²) in [6.45, 7) is 1.58. The molecule has 0 radical (unpaired) electrons.